The topological polar surface area (TPSA) is 38.7 Å². The second kappa shape index (κ2) is 4.44. The summed E-state index contributed by atoms with van der Waals surface area (Å²) in [5.41, 5.74) is 2.17. The molecular weight excluding hydrogens is 204 g/mol. The normalized spacial score (nSPS) is 23.9. The fourth-order valence-corrected chi connectivity index (χ4v) is 2.31. The molecule has 0 aromatic heterocycles. The molecule has 1 unspecified atom stereocenters. The molecule has 1 aliphatic rings. The summed E-state index contributed by atoms with van der Waals surface area (Å²) >= 11 is 0. The van der Waals surface area contributed by atoms with Gasteiger partial charge in [0.1, 0.15) is 5.75 Å². The zero-order valence-corrected chi connectivity index (χ0v) is 9.82. The van der Waals surface area contributed by atoms with Gasteiger partial charge in [0.05, 0.1) is 19.3 Å². The van der Waals surface area contributed by atoms with Gasteiger partial charge in [-0.05, 0) is 36.1 Å². The van der Waals surface area contributed by atoms with E-state index in [-0.39, 0.29) is 12.2 Å². The second-order valence-corrected chi connectivity index (χ2v) is 4.36. The molecule has 16 heavy (non-hydrogen) atoms. The van der Waals surface area contributed by atoms with E-state index in [2.05, 4.69) is 12.1 Å². The standard InChI is InChI=1S/C13H18O3/c1-15-12-4-3-11-8-13(9-14,16-2)6-5-10(11)7-12/h3-4,7,14H,5-6,8-9H2,1-2H3. The van der Waals surface area contributed by atoms with Crippen LogP contribution in [0.1, 0.15) is 17.5 Å². The number of methoxy groups -OCH3 is 2. The fraction of sp³-hybridized carbons (Fsp3) is 0.538. The lowest BCUT2D eigenvalue weighted by Gasteiger charge is -2.35. The smallest absolute Gasteiger partial charge is 0.119 e. The highest BCUT2D eigenvalue weighted by Crippen LogP contribution is 2.32. The van der Waals surface area contributed by atoms with Crippen molar-refractivity contribution >= 4 is 0 Å². The Kier molecular flexibility index (Phi) is 3.17. The molecule has 88 valence electrons. The van der Waals surface area contributed by atoms with Gasteiger partial charge in [0.2, 0.25) is 0 Å². The maximum atomic E-state index is 9.42. The predicted molar refractivity (Wildman–Crippen MR) is 61.8 cm³/mol. The SMILES string of the molecule is COc1ccc2c(c1)CCC(CO)(OC)C2. The summed E-state index contributed by atoms with van der Waals surface area (Å²) in [7, 11) is 3.35. The third-order valence-electron chi connectivity index (χ3n) is 3.50. The predicted octanol–water partition coefficient (Wildman–Crippen LogP) is 1.56. The van der Waals surface area contributed by atoms with E-state index in [4.69, 9.17) is 9.47 Å². The molecule has 2 rings (SSSR count). The van der Waals surface area contributed by atoms with Gasteiger partial charge >= 0.3 is 0 Å². The van der Waals surface area contributed by atoms with Crippen molar-refractivity contribution in [3.05, 3.63) is 29.3 Å². The molecule has 3 nitrogen and oxygen atoms in total. The van der Waals surface area contributed by atoms with Crippen LogP contribution in [0, 0.1) is 0 Å². The number of aryl methyl sites for hydroxylation is 1. The summed E-state index contributed by atoms with van der Waals surface area (Å²) in [5, 5.41) is 9.42. The summed E-state index contributed by atoms with van der Waals surface area (Å²) in [6.07, 6.45) is 2.57. The van der Waals surface area contributed by atoms with E-state index in [0.717, 1.165) is 25.0 Å². The minimum absolute atomic E-state index is 0.0783. The molecule has 0 amide bonds. The van der Waals surface area contributed by atoms with Gasteiger partial charge in [-0.25, -0.2) is 0 Å². The summed E-state index contributed by atoms with van der Waals surface area (Å²) in [4.78, 5) is 0. The number of benzene rings is 1. The van der Waals surface area contributed by atoms with Crippen LogP contribution in [0.2, 0.25) is 0 Å². The van der Waals surface area contributed by atoms with Crippen molar-refractivity contribution in [1.82, 2.24) is 0 Å². The molecule has 3 heteroatoms. The van der Waals surface area contributed by atoms with Gasteiger partial charge in [-0.15, -0.1) is 0 Å². The lowest BCUT2D eigenvalue weighted by molar-refractivity contribution is -0.0607. The highest BCUT2D eigenvalue weighted by atomic mass is 16.5. The molecule has 0 heterocycles. The summed E-state index contributed by atoms with van der Waals surface area (Å²) < 4.78 is 10.7. The molecule has 0 saturated carbocycles. The third kappa shape index (κ3) is 1.93. The van der Waals surface area contributed by atoms with Crippen LogP contribution in [0.25, 0.3) is 0 Å². The molecule has 1 atom stereocenters. The molecule has 0 radical (unpaired) electrons. The van der Waals surface area contributed by atoms with Crippen LogP contribution in [0.3, 0.4) is 0 Å². The van der Waals surface area contributed by atoms with Crippen molar-refractivity contribution in [2.75, 3.05) is 20.8 Å². The number of rotatable bonds is 3. The second-order valence-electron chi connectivity index (χ2n) is 4.36. The zero-order chi connectivity index (χ0) is 11.6. The van der Waals surface area contributed by atoms with Gasteiger partial charge in [0.15, 0.2) is 0 Å². The van der Waals surface area contributed by atoms with Crippen molar-refractivity contribution < 1.29 is 14.6 Å². The molecule has 1 N–H and O–H groups in total. The Bertz CT molecular complexity index is 369. The van der Waals surface area contributed by atoms with Crippen molar-refractivity contribution in [3.8, 4) is 5.75 Å². The number of ether oxygens (including phenoxy) is 2. The summed E-state index contributed by atoms with van der Waals surface area (Å²) in [6.45, 7) is 0.0783. The molecule has 1 aromatic carbocycles. The number of hydrogen-bond acceptors (Lipinski definition) is 3. The first-order chi connectivity index (χ1) is 7.73. The average molecular weight is 222 g/mol. The maximum Gasteiger partial charge on any atom is 0.119 e. The van der Waals surface area contributed by atoms with E-state index in [1.54, 1.807) is 14.2 Å². The Morgan fingerprint density at radius 3 is 2.75 bits per heavy atom. The molecule has 1 aliphatic carbocycles. The molecule has 1 aromatic rings. The highest BCUT2D eigenvalue weighted by molar-refractivity contribution is 5.38. The number of hydrogen-bond donors (Lipinski definition) is 1. The van der Waals surface area contributed by atoms with E-state index >= 15 is 0 Å². The van der Waals surface area contributed by atoms with Crippen LogP contribution >= 0.6 is 0 Å². The summed E-state index contributed by atoms with van der Waals surface area (Å²) in [6, 6.07) is 6.10. The number of aliphatic hydroxyl groups is 1. The quantitative estimate of drug-likeness (QED) is 0.843. The average Bonchev–Trinajstić information content (AvgIpc) is 2.37. The molecule has 0 aliphatic heterocycles. The summed E-state index contributed by atoms with van der Waals surface area (Å²) in [5.74, 6) is 0.896. The lowest BCUT2D eigenvalue weighted by atomic mass is 9.80. The van der Waals surface area contributed by atoms with Gasteiger partial charge in [0, 0.05) is 13.5 Å². The van der Waals surface area contributed by atoms with Gasteiger partial charge in [-0.2, -0.15) is 0 Å². The van der Waals surface area contributed by atoms with E-state index < -0.39 is 0 Å². The first-order valence-corrected chi connectivity index (χ1v) is 5.55. The van der Waals surface area contributed by atoms with E-state index in [9.17, 15) is 5.11 Å². The van der Waals surface area contributed by atoms with Crippen LogP contribution in [-0.4, -0.2) is 31.5 Å². The minimum atomic E-state index is -0.387. The van der Waals surface area contributed by atoms with Crippen molar-refractivity contribution in [2.24, 2.45) is 0 Å². The molecule has 0 saturated heterocycles. The Morgan fingerprint density at radius 2 is 2.12 bits per heavy atom. The fourth-order valence-electron chi connectivity index (χ4n) is 2.31. The van der Waals surface area contributed by atoms with Crippen molar-refractivity contribution in [2.45, 2.75) is 24.9 Å². The largest absolute Gasteiger partial charge is 0.497 e. The minimum Gasteiger partial charge on any atom is -0.497 e. The van der Waals surface area contributed by atoms with Gasteiger partial charge in [-0.1, -0.05) is 6.07 Å². The number of fused-ring (bicyclic) bond motifs is 1. The van der Waals surface area contributed by atoms with Crippen LogP contribution in [0.15, 0.2) is 18.2 Å². The Balaban J connectivity index is 2.28. The van der Waals surface area contributed by atoms with E-state index in [1.165, 1.54) is 11.1 Å². The van der Waals surface area contributed by atoms with Gasteiger partial charge in [-0.3, -0.25) is 0 Å². The van der Waals surface area contributed by atoms with Crippen molar-refractivity contribution in [3.63, 3.8) is 0 Å². The van der Waals surface area contributed by atoms with Gasteiger partial charge in [0.25, 0.3) is 0 Å². The number of aliphatic hydroxyl groups excluding tert-OH is 1. The van der Waals surface area contributed by atoms with E-state index in [0.29, 0.717) is 0 Å². The lowest BCUT2D eigenvalue weighted by Crippen LogP contribution is -2.41. The Hall–Kier alpha value is -1.06. The maximum absolute atomic E-state index is 9.42. The van der Waals surface area contributed by atoms with E-state index in [1.807, 2.05) is 6.07 Å². The first-order valence-electron chi connectivity index (χ1n) is 5.55. The van der Waals surface area contributed by atoms with Gasteiger partial charge < -0.3 is 14.6 Å². The van der Waals surface area contributed by atoms with Crippen LogP contribution in [0.5, 0.6) is 5.75 Å². The molecular formula is C13H18O3. The first kappa shape index (κ1) is 11.4. The molecule has 0 spiro atoms. The molecule has 0 fully saturated rings. The molecule has 0 bridgehead atoms. The van der Waals surface area contributed by atoms with Crippen LogP contribution in [-0.2, 0) is 17.6 Å². The Morgan fingerprint density at radius 1 is 1.31 bits per heavy atom. The zero-order valence-electron chi connectivity index (χ0n) is 9.82. The monoisotopic (exact) mass is 222 g/mol. The third-order valence-corrected chi connectivity index (χ3v) is 3.50. The highest BCUT2D eigenvalue weighted by Gasteiger charge is 2.33. The van der Waals surface area contributed by atoms with Crippen LogP contribution < -0.4 is 4.74 Å². The van der Waals surface area contributed by atoms with Crippen LogP contribution in [0.4, 0.5) is 0 Å². The van der Waals surface area contributed by atoms with Crippen molar-refractivity contribution in [1.29, 1.82) is 0 Å². The Labute approximate surface area is 96.0 Å².